The number of aromatic nitrogens is 1. The predicted molar refractivity (Wildman–Crippen MR) is 93.3 cm³/mol. The van der Waals surface area contributed by atoms with E-state index in [0.717, 1.165) is 23.4 Å². The number of nitrogens with one attached hydrogen (secondary N) is 1. The molecule has 5 nitrogen and oxygen atoms in total. The van der Waals surface area contributed by atoms with Crippen LogP contribution in [0.1, 0.15) is 25.1 Å². The number of anilines is 1. The summed E-state index contributed by atoms with van der Waals surface area (Å²) in [6, 6.07) is 9.31. The summed E-state index contributed by atoms with van der Waals surface area (Å²) < 4.78 is 11.4. The smallest absolute Gasteiger partial charge is 0.248 e. The third-order valence-electron chi connectivity index (χ3n) is 3.65. The molecule has 0 spiro atoms. The van der Waals surface area contributed by atoms with Gasteiger partial charge in [0.1, 0.15) is 17.6 Å². The number of carbonyl (C=O) groups excluding carboxylic acids is 1. The molecule has 5 heteroatoms. The van der Waals surface area contributed by atoms with Gasteiger partial charge in [0.05, 0.1) is 18.0 Å². The molecule has 1 aromatic heterocycles. The highest BCUT2D eigenvalue weighted by molar-refractivity contribution is 6.02. The van der Waals surface area contributed by atoms with Gasteiger partial charge in [-0.2, -0.15) is 0 Å². The predicted octanol–water partition coefficient (Wildman–Crippen LogP) is 3.46. The van der Waals surface area contributed by atoms with Crippen molar-refractivity contribution in [3.63, 3.8) is 0 Å². The Hall–Kier alpha value is -2.82. The van der Waals surface area contributed by atoms with Gasteiger partial charge in [-0.25, -0.2) is 0 Å². The number of ether oxygens (including phenoxy) is 2. The lowest BCUT2D eigenvalue weighted by atomic mass is 10.1. The molecule has 1 aromatic carbocycles. The van der Waals surface area contributed by atoms with Crippen LogP contribution in [0.2, 0.25) is 0 Å². The number of hydrogen-bond acceptors (Lipinski definition) is 4. The van der Waals surface area contributed by atoms with E-state index in [-0.39, 0.29) is 12.0 Å². The van der Waals surface area contributed by atoms with Crippen molar-refractivity contribution in [2.75, 3.05) is 11.9 Å². The van der Waals surface area contributed by atoms with E-state index < -0.39 is 0 Å². The van der Waals surface area contributed by atoms with Crippen LogP contribution in [0.25, 0.3) is 6.08 Å². The fourth-order valence-electron chi connectivity index (χ4n) is 2.62. The molecule has 1 atom stereocenters. The second-order valence-corrected chi connectivity index (χ2v) is 5.60. The highest BCUT2D eigenvalue weighted by Gasteiger charge is 2.22. The number of fused-ring (bicyclic) bond motifs is 1. The third kappa shape index (κ3) is 3.74. The van der Waals surface area contributed by atoms with Crippen LogP contribution >= 0.6 is 0 Å². The number of nitrogens with zero attached hydrogens (tertiary/aromatic N) is 1. The molecular formula is C19H20N2O3. The van der Waals surface area contributed by atoms with Gasteiger partial charge < -0.3 is 14.8 Å². The molecule has 0 fully saturated rings. The number of rotatable bonds is 5. The minimum absolute atomic E-state index is 0.143. The van der Waals surface area contributed by atoms with Gasteiger partial charge in [0.15, 0.2) is 0 Å². The van der Waals surface area contributed by atoms with E-state index in [1.165, 1.54) is 6.08 Å². The summed E-state index contributed by atoms with van der Waals surface area (Å²) in [4.78, 5) is 16.3. The average Bonchev–Trinajstić information content (AvgIpc) is 2.93. The minimum atomic E-state index is -0.243. The molecule has 1 amide bonds. The molecule has 0 radical (unpaired) electrons. The zero-order chi connectivity index (χ0) is 16.9. The number of amides is 1. The van der Waals surface area contributed by atoms with Gasteiger partial charge in [0.25, 0.3) is 0 Å². The van der Waals surface area contributed by atoms with Crippen LogP contribution in [-0.2, 0) is 11.2 Å². The van der Waals surface area contributed by atoms with Crippen LogP contribution in [0.15, 0.2) is 42.6 Å². The van der Waals surface area contributed by atoms with Crippen molar-refractivity contribution >= 4 is 17.7 Å². The summed E-state index contributed by atoms with van der Waals surface area (Å²) in [5, 5.41) is 2.85. The second kappa shape index (κ2) is 7.17. The molecule has 1 unspecified atom stereocenters. The van der Waals surface area contributed by atoms with Crippen LogP contribution in [0.5, 0.6) is 11.5 Å². The quantitative estimate of drug-likeness (QED) is 0.856. The summed E-state index contributed by atoms with van der Waals surface area (Å²) >= 11 is 0. The van der Waals surface area contributed by atoms with Gasteiger partial charge in [-0.15, -0.1) is 0 Å². The summed E-state index contributed by atoms with van der Waals surface area (Å²) in [7, 11) is 0. The van der Waals surface area contributed by atoms with Crippen molar-refractivity contribution in [1.29, 1.82) is 0 Å². The molecule has 1 aliphatic heterocycles. The maximum atomic E-state index is 12.2. The Labute approximate surface area is 141 Å². The lowest BCUT2D eigenvalue weighted by Crippen LogP contribution is -2.10. The minimum Gasteiger partial charge on any atom is -0.492 e. The van der Waals surface area contributed by atoms with Crippen LogP contribution in [0.3, 0.4) is 0 Å². The van der Waals surface area contributed by atoms with Gasteiger partial charge in [0.2, 0.25) is 5.91 Å². The van der Waals surface area contributed by atoms with Gasteiger partial charge >= 0.3 is 0 Å². The molecule has 1 N–H and O–H groups in total. The number of hydrogen-bond donors (Lipinski definition) is 1. The van der Waals surface area contributed by atoms with Crippen molar-refractivity contribution in [3.8, 4) is 11.5 Å². The van der Waals surface area contributed by atoms with E-state index in [0.29, 0.717) is 18.0 Å². The standard InChI is InChI=1S/C19H20N2O3/c1-3-23-18-11-14-10-13(2)24-17(14)12-16(18)21-19(22)8-7-15-6-4-5-9-20-15/h4-9,11-13H,3,10H2,1-2H3,(H,21,22). The SMILES string of the molecule is CCOc1cc2c(cc1NC(=O)C=Cc1ccccn1)OC(C)C2. The molecule has 3 rings (SSSR count). The Morgan fingerprint density at radius 1 is 1.46 bits per heavy atom. The van der Waals surface area contributed by atoms with E-state index in [2.05, 4.69) is 10.3 Å². The Balaban J connectivity index is 1.77. The van der Waals surface area contributed by atoms with Crippen molar-refractivity contribution in [1.82, 2.24) is 4.98 Å². The maximum Gasteiger partial charge on any atom is 0.248 e. The van der Waals surface area contributed by atoms with Gasteiger partial charge in [-0.05, 0) is 38.1 Å². The normalized spacial score (nSPS) is 15.8. The number of pyridine rings is 1. The van der Waals surface area contributed by atoms with Crippen LogP contribution in [-0.4, -0.2) is 23.6 Å². The van der Waals surface area contributed by atoms with Gasteiger partial charge in [0, 0.05) is 30.3 Å². The molecule has 1 aliphatic rings. The third-order valence-corrected chi connectivity index (χ3v) is 3.65. The highest BCUT2D eigenvalue weighted by atomic mass is 16.5. The van der Waals surface area contributed by atoms with E-state index in [9.17, 15) is 4.79 Å². The van der Waals surface area contributed by atoms with Crippen molar-refractivity contribution in [2.24, 2.45) is 0 Å². The molecule has 2 aromatic rings. The monoisotopic (exact) mass is 324 g/mol. The summed E-state index contributed by atoms with van der Waals surface area (Å²) in [6.07, 6.45) is 5.80. The molecule has 2 heterocycles. The number of benzene rings is 1. The van der Waals surface area contributed by atoms with E-state index in [4.69, 9.17) is 9.47 Å². The largest absolute Gasteiger partial charge is 0.492 e. The zero-order valence-electron chi connectivity index (χ0n) is 13.8. The summed E-state index contributed by atoms with van der Waals surface area (Å²) in [5.41, 5.74) is 2.44. The first kappa shape index (κ1) is 16.1. The molecule has 124 valence electrons. The van der Waals surface area contributed by atoms with Crippen LogP contribution in [0.4, 0.5) is 5.69 Å². The maximum absolute atomic E-state index is 12.2. The summed E-state index contributed by atoms with van der Waals surface area (Å²) in [6.45, 7) is 4.47. The molecule has 0 aliphatic carbocycles. The Bertz CT molecular complexity index is 757. The first-order valence-corrected chi connectivity index (χ1v) is 8.02. The first-order valence-electron chi connectivity index (χ1n) is 8.02. The van der Waals surface area contributed by atoms with E-state index >= 15 is 0 Å². The zero-order valence-corrected chi connectivity index (χ0v) is 13.8. The van der Waals surface area contributed by atoms with E-state index in [1.54, 1.807) is 12.3 Å². The first-order chi connectivity index (χ1) is 11.7. The lowest BCUT2D eigenvalue weighted by Gasteiger charge is -2.12. The fraction of sp³-hybridized carbons (Fsp3) is 0.263. The molecule has 0 saturated heterocycles. The Morgan fingerprint density at radius 2 is 2.33 bits per heavy atom. The van der Waals surface area contributed by atoms with Crippen molar-refractivity contribution in [3.05, 3.63) is 53.9 Å². The van der Waals surface area contributed by atoms with Crippen molar-refractivity contribution in [2.45, 2.75) is 26.4 Å². The summed E-state index contributed by atoms with van der Waals surface area (Å²) in [5.74, 6) is 1.22. The van der Waals surface area contributed by atoms with Crippen LogP contribution in [0, 0.1) is 0 Å². The topological polar surface area (TPSA) is 60.5 Å². The molecular weight excluding hydrogens is 304 g/mol. The molecule has 0 bridgehead atoms. The van der Waals surface area contributed by atoms with Gasteiger partial charge in [-0.3, -0.25) is 9.78 Å². The average molecular weight is 324 g/mol. The lowest BCUT2D eigenvalue weighted by molar-refractivity contribution is -0.111. The van der Waals surface area contributed by atoms with Gasteiger partial charge in [-0.1, -0.05) is 6.07 Å². The highest BCUT2D eigenvalue weighted by Crippen LogP contribution is 2.38. The van der Waals surface area contributed by atoms with E-state index in [1.807, 2.05) is 44.2 Å². The second-order valence-electron chi connectivity index (χ2n) is 5.60. The fourth-order valence-corrected chi connectivity index (χ4v) is 2.62. The Morgan fingerprint density at radius 3 is 3.08 bits per heavy atom. The molecule has 0 saturated carbocycles. The molecule has 24 heavy (non-hydrogen) atoms. The number of carbonyl (C=O) groups is 1. The van der Waals surface area contributed by atoms with Crippen LogP contribution < -0.4 is 14.8 Å². The van der Waals surface area contributed by atoms with Crippen molar-refractivity contribution < 1.29 is 14.3 Å². The Kier molecular flexibility index (Phi) is 4.79.